The highest BCUT2D eigenvalue weighted by Gasteiger charge is 2.16. The largest absolute Gasteiger partial charge is 0.324 e. The maximum atomic E-state index is 12.1. The summed E-state index contributed by atoms with van der Waals surface area (Å²) >= 11 is 0. The van der Waals surface area contributed by atoms with E-state index < -0.39 is 9.84 Å². The van der Waals surface area contributed by atoms with Gasteiger partial charge < -0.3 is 5.73 Å². The lowest BCUT2D eigenvalue weighted by atomic mass is 10.1. The molecular weight excluding hydrogens is 258 g/mol. The Balaban J connectivity index is 2.03. The fourth-order valence-corrected chi connectivity index (χ4v) is 3.27. The van der Waals surface area contributed by atoms with E-state index in [0.29, 0.717) is 11.3 Å². The van der Waals surface area contributed by atoms with Crippen molar-refractivity contribution in [2.75, 3.05) is 5.75 Å². The number of benzene rings is 2. The van der Waals surface area contributed by atoms with Crippen molar-refractivity contribution < 1.29 is 8.42 Å². The van der Waals surface area contributed by atoms with E-state index in [1.54, 1.807) is 30.3 Å². The summed E-state index contributed by atoms with van der Waals surface area (Å²) in [6.07, 6.45) is 0.418. The van der Waals surface area contributed by atoms with Crippen LogP contribution in [0.4, 0.5) is 0 Å². The van der Waals surface area contributed by atoms with Gasteiger partial charge >= 0.3 is 0 Å². The molecule has 0 fully saturated rings. The molecule has 3 nitrogen and oxygen atoms in total. The highest BCUT2D eigenvalue weighted by molar-refractivity contribution is 7.91. The van der Waals surface area contributed by atoms with Gasteiger partial charge in [-0.05, 0) is 24.1 Å². The Kier molecular flexibility index (Phi) is 4.35. The second-order valence-electron chi connectivity index (χ2n) is 4.44. The minimum atomic E-state index is -3.24. The Morgan fingerprint density at radius 1 is 0.895 bits per heavy atom. The zero-order chi connectivity index (χ0) is 13.7. The molecule has 2 aromatic carbocycles. The molecule has 0 aliphatic rings. The second-order valence-corrected chi connectivity index (χ2v) is 6.55. The molecule has 100 valence electrons. The Morgan fingerprint density at radius 2 is 1.42 bits per heavy atom. The summed E-state index contributed by atoms with van der Waals surface area (Å²) in [5, 5.41) is 0. The Morgan fingerprint density at radius 3 is 2.00 bits per heavy atom. The number of hydrogen-bond donors (Lipinski definition) is 1. The van der Waals surface area contributed by atoms with Crippen molar-refractivity contribution in [3.8, 4) is 0 Å². The number of hydrogen-bond acceptors (Lipinski definition) is 3. The number of nitrogens with two attached hydrogens (primary N) is 1. The third-order valence-corrected chi connectivity index (χ3v) is 4.79. The standard InChI is InChI=1S/C15H17NO2S/c16-15(13-7-3-1-4-8-13)11-12-19(17,18)14-9-5-2-6-10-14/h1-10,15H,11-12,16H2/t15-/m1/s1. The summed E-state index contributed by atoms with van der Waals surface area (Å²) < 4.78 is 24.2. The fourth-order valence-electron chi connectivity index (χ4n) is 1.89. The molecule has 2 N–H and O–H groups in total. The first-order valence-electron chi connectivity index (χ1n) is 6.18. The molecule has 0 heterocycles. The maximum Gasteiger partial charge on any atom is 0.178 e. The third kappa shape index (κ3) is 3.66. The molecule has 0 amide bonds. The Labute approximate surface area is 114 Å². The van der Waals surface area contributed by atoms with E-state index in [9.17, 15) is 8.42 Å². The summed E-state index contributed by atoms with van der Waals surface area (Å²) in [7, 11) is -3.24. The summed E-state index contributed by atoms with van der Waals surface area (Å²) in [6, 6.07) is 17.8. The van der Waals surface area contributed by atoms with Gasteiger partial charge in [-0.25, -0.2) is 8.42 Å². The van der Waals surface area contributed by atoms with Crippen molar-refractivity contribution in [2.45, 2.75) is 17.4 Å². The first kappa shape index (κ1) is 13.8. The SMILES string of the molecule is N[C@H](CCS(=O)(=O)c1ccccc1)c1ccccc1. The van der Waals surface area contributed by atoms with E-state index in [1.807, 2.05) is 30.3 Å². The molecule has 2 aromatic rings. The summed E-state index contributed by atoms with van der Waals surface area (Å²) in [4.78, 5) is 0.357. The smallest absolute Gasteiger partial charge is 0.178 e. The van der Waals surface area contributed by atoms with Gasteiger partial charge in [-0.1, -0.05) is 48.5 Å². The van der Waals surface area contributed by atoms with Gasteiger partial charge in [0, 0.05) is 6.04 Å². The summed E-state index contributed by atoms with van der Waals surface area (Å²) in [5.74, 6) is 0.0626. The highest BCUT2D eigenvalue weighted by atomic mass is 32.2. The predicted octanol–water partition coefficient (Wildman–Crippen LogP) is 2.55. The van der Waals surface area contributed by atoms with Crippen molar-refractivity contribution in [2.24, 2.45) is 5.73 Å². The molecule has 0 unspecified atom stereocenters. The lowest BCUT2D eigenvalue weighted by molar-refractivity contribution is 0.586. The van der Waals surface area contributed by atoms with Crippen LogP contribution in [0.2, 0.25) is 0 Å². The molecule has 0 bridgehead atoms. The van der Waals surface area contributed by atoms with Crippen LogP contribution in [0.1, 0.15) is 18.0 Å². The molecule has 0 radical (unpaired) electrons. The highest BCUT2D eigenvalue weighted by Crippen LogP contribution is 2.17. The van der Waals surface area contributed by atoms with Crippen molar-refractivity contribution in [3.05, 3.63) is 66.2 Å². The summed E-state index contributed by atoms with van der Waals surface area (Å²) in [5.41, 5.74) is 6.98. The number of sulfone groups is 1. The monoisotopic (exact) mass is 275 g/mol. The second kappa shape index (κ2) is 5.99. The molecule has 1 atom stereocenters. The molecule has 19 heavy (non-hydrogen) atoms. The molecule has 0 saturated heterocycles. The lowest BCUT2D eigenvalue weighted by Gasteiger charge is -2.12. The minimum absolute atomic E-state index is 0.0626. The molecule has 4 heteroatoms. The predicted molar refractivity (Wildman–Crippen MR) is 76.5 cm³/mol. The van der Waals surface area contributed by atoms with Gasteiger partial charge in [-0.15, -0.1) is 0 Å². The molecular formula is C15H17NO2S. The first-order chi connectivity index (χ1) is 9.09. The van der Waals surface area contributed by atoms with Gasteiger partial charge in [0.05, 0.1) is 10.6 Å². The third-order valence-electron chi connectivity index (χ3n) is 3.03. The average molecular weight is 275 g/mol. The van der Waals surface area contributed by atoms with Crippen LogP contribution in [0, 0.1) is 0 Å². The van der Waals surface area contributed by atoms with E-state index in [4.69, 9.17) is 5.73 Å². The minimum Gasteiger partial charge on any atom is -0.324 e. The molecule has 0 aliphatic heterocycles. The van der Waals surface area contributed by atoms with Crippen LogP contribution in [0.5, 0.6) is 0 Å². The van der Waals surface area contributed by atoms with Crippen LogP contribution < -0.4 is 5.73 Å². The van der Waals surface area contributed by atoms with Gasteiger partial charge in [-0.3, -0.25) is 0 Å². The van der Waals surface area contributed by atoms with Crippen molar-refractivity contribution in [1.29, 1.82) is 0 Å². The van der Waals surface area contributed by atoms with E-state index in [2.05, 4.69) is 0 Å². The number of rotatable bonds is 5. The summed E-state index contributed by atoms with van der Waals surface area (Å²) in [6.45, 7) is 0. The molecule has 0 aromatic heterocycles. The van der Waals surface area contributed by atoms with E-state index >= 15 is 0 Å². The van der Waals surface area contributed by atoms with Crippen LogP contribution in [-0.2, 0) is 9.84 Å². The molecule has 0 aliphatic carbocycles. The Hall–Kier alpha value is -1.65. The van der Waals surface area contributed by atoms with Crippen LogP contribution in [0.15, 0.2) is 65.6 Å². The van der Waals surface area contributed by atoms with Crippen LogP contribution in [-0.4, -0.2) is 14.2 Å². The van der Waals surface area contributed by atoms with E-state index in [-0.39, 0.29) is 11.8 Å². The molecule has 0 saturated carbocycles. The van der Waals surface area contributed by atoms with Crippen molar-refractivity contribution in [3.63, 3.8) is 0 Å². The zero-order valence-corrected chi connectivity index (χ0v) is 11.4. The molecule has 2 rings (SSSR count). The quantitative estimate of drug-likeness (QED) is 0.912. The van der Waals surface area contributed by atoms with Crippen LogP contribution in [0.25, 0.3) is 0 Å². The van der Waals surface area contributed by atoms with Gasteiger partial charge in [-0.2, -0.15) is 0 Å². The molecule has 0 spiro atoms. The van der Waals surface area contributed by atoms with Gasteiger partial charge in [0.2, 0.25) is 0 Å². The normalized spacial score (nSPS) is 13.1. The topological polar surface area (TPSA) is 60.2 Å². The zero-order valence-electron chi connectivity index (χ0n) is 10.6. The van der Waals surface area contributed by atoms with Crippen LogP contribution in [0.3, 0.4) is 0 Å². The maximum absolute atomic E-state index is 12.1. The van der Waals surface area contributed by atoms with Crippen molar-refractivity contribution >= 4 is 9.84 Å². The van der Waals surface area contributed by atoms with Crippen LogP contribution >= 0.6 is 0 Å². The Bertz CT molecular complexity index is 609. The van der Waals surface area contributed by atoms with Gasteiger partial charge in [0.1, 0.15) is 0 Å². The first-order valence-corrected chi connectivity index (χ1v) is 7.83. The van der Waals surface area contributed by atoms with Gasteiger partial charge in [0.25, 0.3) is 0 Å². The van der Waals surface area contributed by atoms with E-state index in [1.165, 1.54) is 0 Å². The van der Waals surface area contributed by atoms with Crippen molar-refractivity contribution in [1.82, 2.24) is 0 Å². The fraction of sp³-hybridized carbons (Fsp3) is 0.200. The average Bonchev–Trinajstić information content (AvgIpc) is 2.47. The lowest BCUT2D eigenvalue weighted by Crippen LogP contribution is -2.16. The van der Waals surface area contributed by atoms with Gasteiger partial charge in [0.15, 0.2) is 9.84 Å². The van der Waals surface area contributed by atoms with E-state index in [0.717, 1.165) is 5.56 Å².